The zero-order valence-corrected chi connectivity index (χ0v) is 19.3. The quantitative estimate of drug-likeness (QED) is 0.493. The van der Waals surface area contributed by atoms with E-state index in [9.17, 15) is 18.8 Å². The largest absolute Gasteiger partial charge is 0.480 e. The molecule has 180 valence electrons. The van der Waals surface area contributed by atoms with E-state index in [1.165, 1.54) is 12.1 Å². The maximum atomic E-state index is 14.7. The SMILES string of the molecule is CC(C)N(CC(=O)O)C(=O)c1cccc(F)c1NC(=O)OCC1c2ccccc2-c2ccccc21. The Hall–Kier alpha value is -4.20. The first-order chi connectivity index (χ1) is 16.8. The molecule has 0 unspecified atom stereocenters. The maximum absolute atomic E-state index is 14.7. The molecule has 3 aromatic carbocycles. The summed E-state index contributed by atoms with van der Waals surface area (Å²) in [5.41, 5.74) is 3.70. The van der Waals surface area contributed by atoms with Crippen LogP contribution in [-0.4, -0.2) is 47.2 Å². The molecule has 4 rings (SSSR count). The van der Waals surface area contributed by atoms with E-state index in [1.807, 2.05) is 48.5 Å². The minimum absolute atomic E-state index is 0.0225. The summed E-state index contributed by atoms with van der Waals surface area (Å²) in [6, 6.07) is 19.1. The fraction of sp³-hybridized carbons (Fsp3) is 0.222. The van der Waals surface area contributed by atoms with Crippen molar-refractivity contribution < 1.29 is 28.6 Å². The number of carboxylic acids is 1. The fourth-order valence-corrected chi connectivity index (χ4v) is 4.36. The molecule has 0 saturated heterocycles. The highest BCUT2D eigenvalue weighted by Gasteiger charge is 2.30. The fourth-order valence-electron chi connectivity index (χ4n) is 4.36. The van der Waals surface area contributed by atoms with Crippen molar-refractivity contribution in [3.8, 4) is 11.1 Å². The van der Waals surface area contributed by atoms with Gasteiger partial charge in [0.25, 0.3) is 5.91 Å². The number of nitrogens with one attached hydrogen (secondary N) is 1. The molecule has 0 fully saturated rings. The molecule has 2 N–H and O–H groups in total. The second-order valence-electron chi connectivity index (χ2n) is 8.53. The summed E-state index contributed by atoms with van der Waals surface area (Å²) in [7, 11) is 0. The molecule has 0 bridgehead atoms. The van der Waals surface area contributed by atoms with Gasteiger partial charge in [-0.1, -0.05) is 54.6 Å². The van der Waals surface area contributed by atoms with E-state index >= 15 is 0 Å². The number of benzene rings is 3. The molecule has 0 saturated carbocycles. The number of hydrogen-bond donors (Lipinski definition) is 2. The van der Waals surface area contributed by atoms with Crippen molar-refractivity contribution in [2.75, 3.05) is 18.5 Å². The summed E-state index contributed by atoms with van der Waals surface area (Å²) in [6.45, 7) is 2.77. The highest BCUT2D eigenvalue weighted by molar-refractivity contribution is 6.03. The van der Waals surface area contributed by atoms with Crippen molar-refractivity contribution >= 4 is 23.7 Å². The summed E-state index contributed by atoms with van der Waals surface area (Å²) < 4.78 is 20.1. The van der Waals surface area contributed by atoms with Crippen LogP contribution in [0.3, 0.4) is 0 Å². The molecular weight excluding hydrogens is 451 g/mol. The highest BCUT2D eigenvalue weighted by atomic mass is 19.1. The first-order valence-corrected chi connectivity index (χ1v) is 11.2. The van der Waals surface area contributed by atoms with Gasteiger partial charge in [0.2, 0.25) is 0 Å². The van der Waals surface area contributed by atoms with Gasteiger partial charge in [-0.25, -0.2) is 9.18 Å². The third-order valence-electron chi connectivity index (χ3n) is 6.00. The van der Waals surface area contributed by atoms with Gasteiger partial charge in [0.05, 0.1) is 11.3 Å². The van der Waals surface area contributed by atoms with Crippen LogP contribution in [0.25, 0.3) is 11.1 Å². The van der Waals surface area contributed by atoms with E-state index in [0.29, 0.717) is 0 Å². The molecule has 1 aliphatic rings. The molecule has 0 atom stereocenters. The number of carboxylic acid groups (broad SMARTS) is 1. The standard InChI is InChI=1S/C27H25FN2O5/c1-16(2)30(14-24(31)32)26(33)21-12-7-13-23(28)25(21)29-27(34)35-15-22-19-10-5-3-8-17(19)18-9-4-6-11-20(18)22/h3-13,16,22H,14-15H2,1-2H3,(H,29,34)(H,31,32). The van der Waals surface area contributed by atoms with E-state index in [2.05, 4.69) is 5.32 Å². The summed E-state index contributed by atoms with van der Waals surface area (Å²) in [4.78, 5) is 38.0. The van der Waals surface area contributed by atoms with Crippen LogP contribution >= 0.6 is 0 Å². The molecule has 7 nitrogen and oxygen atoms in total. The predicted molar refractivity (Wildman–Crippen MR) is 129 cm³/mol. The lowest BCUT2D eigenvalue weighted by molar-refractivity contribution is -0.138. The lowest BCUT2D eigenvalue weighted by atomic mass is 9.98. The van der Waals surface area contributed by atoms with Crippen LogP contribution in [0.5, 0.6) is 0 Å². The number of fused-ring (bicyclic) bond motifs is 3. The normalized spacial score (nSPS) is 12.1. The van der Waals surface area contributed by atoms with Crippen molar-refractivity contribution in [1.82, 2.24) is 4.90 Å². The Morgan fingerprint density at radius 3 is 2.14 bits per heavy atom. The molecule has 1 aliphatic carbocycles. The van der Waals surface area contributed by atoms with Gasteiger partial charge in [0, 0.05) is 12.0 Å². The van der Waals surface area contributed by atoms with Gasteiger partial charge in [-0.15, -0.1) is 0 Å². The monoisotopic (exact) mass is 476 g/mol. The van der Waals surface area contributed by atoms with Crippen molar-refractivity contribution in [1.29, 1.82) is 0 Å². The number of anilines is 1. The molecule has 0 heterocycles. The molecular formula is C27H25FN2O5. The van der Waals surface area contributed by atoms with Crippen molar-refractivity contribution in [3.05, 3.63) is 89.2 Å². The molecule has 35 heavy (non-hydrogen) atoms. The number of nitrogens with zero attached hydrogens (tertiary/aromatic N) is 1. The Labute approximate surface area is 202 Å². The van der Waals surface area contributed by atoms with E-state index < -0.39 is 36.4 Å². The number of carbonyl (C=O) groups is 3. The molecule has 2 amide bonds. The minimum Gasteiger partial charge on any atom is -0.480 e. The zero-order chi connectivity index (χ0) is 25.1. The molecule has 0 spiro atoms. The van der Waals surface area contributed by atoms with Gasteiger partial charge in [0.1, 0.15) is 19.0 Å². The second kappa shape index (κ2) is 9.97. The van der Waals surface area contributed by atoms with Crippen LogP contribution in [0.15, 0.2) is 66.7 Å². The number of amides is 2. The van der Waals surface area contributed by atoms with Crippen LogP contribution in [0.4, 0.5) is 14.9 Å². The number of halogens is 1. The lowest BCUT2D eigenvalue weighted by Gasteiger charge is -2.26. The van der Waals surface area contributed by atoms with E-state index in [-0.39, 0.29) is 23.8 Å². The summed E-state index contributed by atoms with van der Waals surface area (Å²) in [5, 5.41) is 11.5. The van der Waals surface area contributed by atoms with E-state index in [1.54, 1.807) is 13.8 Å². The summed E-state index contributed by atoms with van der Waals surface area (Å²) in [5.74, 6) is -2.92. The number of rotatable bonds is 7. The smallest absolute Gasteiger partial charge is 0.411 e. The lowest BCUT2D eigenvalue weighted by Crippen LogP contribution is -2.41. The van der Waals surface area contributed by atoms with Crippen LogP contribution in [0.1, 0.15) is 41.3 Å². The Balaban J connectivity index is 1.53. The first-order valence-electron chi connectivity index (χ1n) is 11.2. The van der Waals surface area contributed by atoms with Gasteiger partial charge in [-0.2, -0.15) is 0 Å². The number of carbonyl (C=O) groups excluding carboxylic acids is 2. The number of aliphatic carboxylic acids is 1. The third-order valence-corrected chi connectivity index (χ3v) is 6.00. The Bertz CT molecular complexity index is 1240. The van der Waals surface area contributed by atoms with Gasteiger partial charge >= 0.3 is 12.1 Å². The van der Waals surface area contributed by atoms with Gasteiger partial charge in [0.15, 0.2) is 0 Å². The van der Waals surface area contributed by atoms with Crippen LogP contribution < -0.4 is 5.32 Å². The molecule has 0 aromatic heterocycles. The van der Waals surface area contributed by atoms with Crippen LogP contribution in [0, 0.1) is 5.82 Å². The Morgan fingerprint density at radius 1 is 0.971 bits per heavy atom. The van der Waals surface area contributed by atoms with E-state index in [4.69, 9.17) is 9.84 Å². The zero-order valence-electron chi connectivity index (χ0n) is 19.3. The van der Waals surface area contributed by atoms with Crippen molar-refractivity contribution in [2.45, 2.75) is 25.8 Å². The average Bonchev–Trinajstić information content (AvgIpc) is 3.15. The topological polar surface area (TPSA) is 95.9 Å². The molecule has 8 heteroatoms. The maximum Gasteiger partial charge on any atom is 0.411 e. The summed E-state index contributed by atoms with van der Waals surface area (Å²) >= 11 is 0. The average molecular weight is 477 g/mol. The number of para-hydroxylation sites is 1. The van der Waals surface area contributed by atoms with Crippen LogP contribution in [-0.2, 0) is 9.53 Å². The minimum atomic E-state index is -1.20. The Kier molecular flexibility index (Phi) is 6.82. The van der Waals surface area contributed by atoms with Crippen molar-refractivity contribution in [3.63, 3.8) is 0 Å². The van der Waals surface area contributed by atoms with Crippen molar-refractivity contribution in [2.24, 2.45) is 0 Å². The second-order valence-corrected chi connectivity index (χ2v) is 8.53. The number of ether oxygens (including phenoxy) is 1. The molecule has 0 radical (unpaired) electrons. The van der Waals surface area contributed by atoms with E-state index in [0.717, 1.165) is 33.2 Å². The van der Waals surface area contributed by atoms with Gasteiger partial charge in [-0.3, -0.25) is 14.9 Å². The number of hydrogen-bond acceptors (Lipinski definition) is 4. The van der Waals surface area contributed by atoms with Gasteiger partial charge < -0.3 is 14.7 Å². The highest BCUT2D eigenvalue weighted by Crippen LogP contribution is 2.44. The molecule has 3 aromatic rings. The third kappa shape index (κ3) is 4.87. The molecule has 0 aliphatic heterocycles. The first kappa shape index (κ1) is 23.9. The van der Waals surface area contributed by atoms with Gasteiger partial charge in [-0.05, 0) is 48.2 Å². The summed E-state index contributed by atoms with van der Waals surface area (Å²) in [6.07, 6.45) is -0.916. The Morgan fingerprint density at radius 2 is 1.57 bits per heavy atom. The van der Waals surface area contributed by atoms with Crippen LogP contribution in [0.2, 0.25) is 0 Å². The predicted octanol–water partition coefficient (Wildman–Crippen LogP) is 5.12.